The molecule has 1 aliphatic rings. The van der Waals surface area contributed by atoms with E-state index in [2.05, 4.69) is 42.4 Å². The molecule has 0 bridgehead atoms. The number of nitrogens with two attached hydrogens (primary N) is 1. The minimum Gasteiger partial charge on any atom is -0.381 e. The zero-order chi connectivity index (χ0) is 15.4. The van der Waals surface area contributed by atoms with Crippen LogP contribution in [0.5, 0.6) is 0 Å². The number of aromatic nitrogens is 2. The summed E-state index contributed by atoms with van der Waals surface area (Å²) in [6.45, 7) is 7.15. The Bertz CT molecular complexity index is 414. The Morgan fingerprint density at radius 1 is 1.48 bits per heavy atom. The van der Waals surface area contributed by atoms with Crippen LogP contribution in [0.2, 0.25) is 0 Å². The third-order valence-corrected chi connectivity index (χ3v) is 4.22. The standard InChI is InChI=1S/C16H30N4O/c1-12(2)7-14(9-19(3)4)20-11-18-8-15(20)16(17)13-5-6-21-10-13/h8,11-14,16H,5-7,9-10,17H2,1-4H3. The first kappa shape index (κ1) is 16.5. The van der Waals surface area contributed by atoms with Gasteiger partial charge in [-0.15, -0.1) is 0 Å². The van der Waals surface area contributed by atoms with Crippen LogP contribution >= 0.6 is 0 Å². The van der Waals surface area contributed by atoms with Crippen LogP contribution in [0.15, 0.2) is 12.5 Å². The summed E-state index contributed by atoms with van der Waals surface area (Å²) in [5.41, 5.74) is 7.64. The summed E-state index contributed by atoms with van der Waals surface area (Å²) in [5.74, 6) is 1.07. The number of ether oxygens (including phenoxy) is 1. The molecule has 1 aromatic heterocycles. The number of nitrogens with zero attached hydrogens (tertiary/aromatic N) is 3. The summed E-state index contributed by atoms with van der Waals surface area (Å²) in [5, 5.41) is 0. The second-order valence-corrected chi connectivity index (χ2v) is 6.92. The highest BCUT2D eigenvalue weighted by Gasteiger charge is 2.28. The van der Waals surface area contributed by atoms with E-state index in [1.807, 2.05) is 12.5 Å². The molecule has 0 aliphatic carbocycles. The molecule has 2 N–H and O–H groups in total. The van der Waals surface area contributed by atoms with Crippen LogP contribution in [0.3, 0.4) is 0 Å². The molecule has 0 amide bonds. The number of imidazole rings is 1. The topological polar surface area (TPSA) is 56.3 Å². The van der Waals surface area contributed by atoms with E-state index in [0.717, 1.165) is 38.3 Å². The monoisotopic (exact) mass is 294 g/mol. The molecule has 5 heteroatoms. The Hall–Kier alpha value is -0.910. The van der Waals surface area contributed by atoms with E-state index in [0.29, 0.717) is 17.9 Å². The van der Waals surface area contributed by atoms with Crippen molar-refractivity contribution in [3.05, 3.63) is 18.2 Å². The van der Waals surface area contributed by atoms with Gasteiger partial charge in [0.05, 0.1) is 24.7 Å². The smallest absolute Gasteiger partial charge is 0.0951 e. The molecule has 0 spiro atoms. The minimum absolute atomic E-state index is 0.0202. The maximum Gasteiger partial charge on any atom is 0.0951 e. The molecular formula is C16H30N4O. The lowest BCUT2D eigenvalue weighted by atomic mass is 9.96. The van der Waals surface area contributed by atoms with E-state index in [1.165, 1.54) is 0 Å². The Morgan fingerprint density at radius 2 is 2.24 bits per heavy atom. The Balaban J connectivity index is 2.18. The molecule has 1 fully saturated rings. The van der Waals surface area contributed by atoms with Crippen molar-refractivity contribution >= 4 is 0 Å². The Morgan fingerprint density at radius 3 is 2.81 bits per heavy atom. The number of likely N-dealkylation sites (N-methyl/N-ethyl adjacent to an activating group) is 1. The average Bonchev–Trinajstić information content (AvgIpc) is 3.07. The molecule has 0 aromatic carbocycles. The predicted molar refractivity (Wildman–Crippen MR) is 85.1 cm³/mol. The summed E-state index contributed by atoms with van der Waals surface area (Å²) in [4.78, 5) is 6.61. The normalized spacial score (nSPS) is 22.1. The first-order valence-electron chi connectivity index (χ1n) is 7.98. The van der Waals surface area contributed by atoms with Gasteiger partial charge in [-0.2, -0.15) is 0 Å². The zero-order valence-electron chi connectivity index (χ0n) is 13.8. The van der Waals surface area contributed by atoms with E-state index in [4.69, 9.17) is 10.5 Å². The maximum absolute atomic E-state index is 6.49. The molecule has 1 aliphatic heterocycles. The van der Waals surface area contributed by atoms with Crippen molar-refractivity contribution in [2.24, 2.45) is 17.6 Å². The third-order valence-electron chi connectivity index (χ3n) is 4.22. The van der Waals surface area contributed by atoms with Crippen molar-refractivity contribution in [2.75, 3.05) is 33.9 Å². The van der Waals surface area contributed by atoms with Gasteiger partial charge < -0.3 is 19.9 Å². The molecule has 3 unspecified atom stereocenters. The molecule has 0 radical (unpaired) electrons. The van der Waals surface area contributed by atoms with Crippen LogP contribution in [-0.4, -0.2) is 48.3 Å². The van der Waals surface area contributed by atoms with E-state index < -0.39 is 0 Å². The lowest BCUT2D eigenvalue weighted by molar-refractivity contribution is 0.179. The molecule has 3 atom stereocenters. The predicted octanol–water partition coefficient (Wildman–Crippen LogP) is 2.07. The van der Waals surface area contributed by atoms with Crippen molar-refractivity contribution in [1.82, 2.24) is 14.5 Å². The first-order chi connectivity index (χ1) is 9.99. The highest BCUT2D eigenvalue weighted by Crippen LogP contribution is 2.29. The van der Waals surface area contributed by atoms with Crippen molar-refractivity contribution in [3.8, 4) is 0 Å². The van der Waals surface area contributed by atoms with Gasteiger partial charge in [0.1, 0.15) is 0 Å². The van der Waals surface area contributed by atoms with Crippen LogP contribution < -0.4 is 5.73 Å². The summed E-state index contributed by atoms with van der Waals surface area (Å²) in [7, 11) is 4.24. The number of rotatable bonds is 7. The Labute approximate surface area is 128 Å². The molecule has 2 heterocycles. The van der Waals surface area contributed by atoms with Gasteiger partial charge in [0.25, 0.3) is 0 Å². The molecule has 0 saturated carbocycles. The average molecular weight is 294 g/mol. The van der Waals surface area contributed by atoms with Crippen molar-refractivity contribution in [3.63, 3.8) is 0 Å². The summed E-state index contributed by atoms with van der Waals surface area (Å²) in [6, 6.07) is 0.442. The summed E-state index contributed by atoms with van der Waals surface area (Å²) >= 11 is 0. The van der Waals surface area contributed by atoms with Gasteiger partial charge in [-0.25, -0.2) is 4.98 Å². The zero-order valence-corrected chi connectivity index (χ0v) is 13.8. The van der Waals surface area contributed by atoms with Crippen LogP contribution in [0.4, 0.5) is 0 Å². The highest BCUT2D eigenvalue weighted by atomic mass is 16.5. The van der Waals surface area contributed by atoms with Crippen LogP contribution in [0.1, 0.15) is 44.5 Å². The molecule has 1 aromatic rings. The van der Waals surface area contributed by atoms with Crippen LogP contribution in [0.25, 0.3) is 0 Å². The second kappa shape index (κ2) is 7.38. The molecule has 5 nitrogen and oxygen atoms in total. The van der Waals surface area contributed by atoms with Crippen LogP contribution in [0, 0.1) is 11.8 Å². The molecule has 21 heavy (non-hydrogen) atoms. The van der Waals surface area contributed by atoms with Gasteiger partial charge >= 0.3 is 0 Å². The van der Waals surface area contributed by atoms with Gasteiger partial charge in [-0.1, -0.05) is 13.8 Å². The van der Waals surface area contributed by atoms with E-state index in [9.17, 15) is 0 Å². The highest BCUT2D eigenvalue weighted by molar-refractivity contribution is 5.08. The number of hydrogen-bond acceptors (Lipinski definition) is 4. The molecule has 120 valence electrons. The van der Waals surface area contributed by atoms with Crippen molar-refractivity contribution in [1.29, 1.82) is 0 Å². The van der Waals surface area contributed by atoms with Gasteiger partial charge in [0, 0.05) is 31.3 Å². The molecular weight excluding hydrogens is 264 g/mol. The second-order valence-electron chi connectivity index (χ2n) is 6.92. The minimum atomic E-state index is 0.0202. The fraction of sp³-hybridized carbons (Fsp3) is 0.812. The third kappa shape index (κ3) is 4.28. The fourth-order valence-electron chi connectivity index (χ4n) is 3.20. The summed E-state index contributed by atoms with van der Waals surface area (Å²) in [6.07, 6.45) is 6.07. The van der Waals surface area contributed by atoms with Crippen molar-refractivity contribution in [2.45, 2.75) is 38.8 Å². The van der Waals surface area contributed by atoms with Crippen LogP contribution in [-0.2, 0) is 4.74 Å². The number of hydrogen-bond donors (Lipinski definition) is 1. The lowest BCUT2D eigenvalue weighted by Gasteiger charge is -2.28. The SMILES string of the molecule is CC(C)CC(CN(C)C)n1cncc1C(N)C1CCOC1. The van der Waals surface area contributed by atoms with Crippen molar-refractivity contribution < 1.29 is 4.74 Å². The van der Waals surface area contributed by atoms with E-state index >= 15 is 0 Å². The van der Waals surface area contributed by atoms with E-state index in [-0.39, 0.29) is 6.04 Å². The summed E-state index contributed by atoms with van der Waals surface area (Å²) < 4.78 is 7.78. The largest absolute Gasteiger partial charge is 0.381 e. The maximum atomic E-state index is 6.49. The fourth-order valence-corrected chi connectivity index (χ4v) is 3.20. The van der Waals surface area contributed by atoms with Gasteiger partial charge in [-0.3, -0.25) is 0 Å². The van der Waals surface area contributed by atoms with Gasteiger partial charge in [0.2, 0.25) is 0 Å². The Kier molecular flexibility index (Phi) is 5.79. The molecule has 2 rings (SSSR count). The first-order valence-corrected chi connectivity index (χ1v) is 7.98. The molecule has 1 saturated heterocycles. The van der Waals surface area contributed by atoms with Gasteiger partial charge in [0.15, 0.2) is 0 Å². The quantitative estimate of drug-likeness (QED) is 0.836. The van der Waals surface area contributed by atoms with E-state index in [1.54, 1.807) is 0 Å². The lowest BCUT2D eigenvalue weighted by Crippen LogP contribution is -2.30. The van der Waals surface area contributed by atoms with Gasteiger partial charge in [-0.05, 0) is 32.9 Å².